The molecule has 32 heavy (non-hydrogen) atoms. The molecule has 0 unspecified atom stereocenters. The van der Waals surface area contributed by atoms with Crippen LogP contribution >= 0.6 is 0 Å². The summed E-state index contributed by atoms with van der Waals surface area (Å²) in [5.74, 6) is 1.23. The normalized spacial score (nSPS) is 16.6. The molecule has 1 aliphatic rings. The Kier molecular flexibility index (Phi) is 5.45. The summed E-state index contributed by atoms with van der Waals surface area (Å²) in [5.41, 5.74) is 2.31. The zero-order valence-electron chi connectivity index (χ0n) is 18.3. The molecule has 0 N–H and O–H groups in total. The fraction of sp³-hybridized carbons (Fsp3) is 0.333. The van der Waals surface area contributed by atoms with E-state index in [0.717, 1.165) is 24.3 Å². The van der Waals surface area contributed by atoms with Crippen LogP contribution in [0.15, 0.2) is 60.0 Å². The molecule has 0 radical (unpaired) electrons. The predicted octanol–water partition coefficient (Wildman–Crippen LogP) is 3.47. The molecule has 1 atom stereocenters. The lowest BCUT2D eigenvalue weighted by molar-refractivity contribution is 0.256. The molecule has 0 bridgehead atoms. The number of ether oxygens (including phenoxy) is 1. The topological polar surface area (TPSA) is 78.1 Å². The van der Waals surface area contributed by atoms with E-state index in [4.69, 9.17) is 4.74 Å². The zero-order chi connectivity index (χ0) is 22.1. The van der Waals surface area contributed by atoms with Crippen LogP contribution in [0.1, 0.15) is 19.8 Å². The summed E-state index contributed by atoms with van der Waals surface area (Å²) in [7, 11) is 1.87. The summed E-state index contributed by atoms with van der Waals surface area (Å²) in [5, 5.41) is 4.75. The van der Waals surface area contributed by atoms with Crippen LogP contribution in [0.25, 0.3) is 22.2 Å². The molecular weight excluding hydrogens is 404 g/mol. The molecule has 3 aromatic heterocycles. The van der Waals surface area contributed by atoms with Gasteiger partial charge in [0.15, 0.2) is 0 Å². The number of likely N-dealkylation sites (tertiary alicyclic amines) is 1. The molecule has 1 fully saturated rings. The molecule has 5 rings (SSSR count). The Bertz CT molecular complexity index is 1310. The lowest BCUT2D eigenvalue weighted by Gasteiger charge is -2.21. The van der Waals surface area contributed by atoms with E-state index in [1.165, 1.54) is 12.8 Å². The Morgan fingerprint density at radius 2 is 2.00 bits per heavy atom. The molecule has 0 aliphatic carbocycles. The highest BCUT2D eigenvalue weighted by Gasteiger charge is 2.19. The van der Waals surface area contributed by atoms with Crippen LogP contribution in [0.2, 0.25) is 0 Å². The van der Waals surface area contributed by atoms with Crippen LogP contribution < -0.4 is 10.3 Å². The maximum absolute atomic E-state index is 13.1. The van der Waals surface area contributed by atoms with Gasteiger partial charge in [-0.2, -0.15) is 5.10 Å². The van der Waals surface area contributed by atoms with Crippen LogP contribution in [-0.4, -0.2) is 48.3 Å². The number of pyridine rings is 1. The second kappa shape index (κ2) is 8.55. The van der Waals surface area contributed by atoms with Crippen molar-refractivity contribution in [2.75, 3.05) is 13.1 Å². The Balaban J connectivity index is 1.38. The van der Waals surface area contributed by atoms with Crippen molar-refractivity contribution in [1.82, 2.24) is 29.2 Å². The van der Waals surface area contributed by atoms with E-state index in [1.807, 2.05) is 31.4 Å². The van der Waals surface area contributed by atoms with Gasteiger partial charge in [0.2, 0.25) is 0 Å². The summed E-state index contributed by atoms with van der Waals surface area (Å²) < 4.78 is 9.49. The van der Waals surface area contributed by atoms with Gasteiger partial charge in [0.25, 0.3) is 5.56 Å². The molecule has 1 saturated heterocycles. The summed E-state index contributed by atoms with van der Waals surface area (Å²) in [6, 6.07) is 9.65. The third-order valence-corrected chi connectivity index (χ3v) is 6.08. The second-order valence-electron chi connectivity index (χ2n) is 8.33. The highest BCUT2D eigenvalue weighted by molar-refractivity contribution is 5.79. The summed E-state index contributed by atoms with van der Waals surface area (Å²) in [6.07, 6.45) is 9.47. The fourth-order valence-corrected chi connectivity index (χ4v) is 4.24. The molecule has 1 aliphatic heterocycles. The minimum Gasteiger partial charge on any atom is -0.457 e. The van der Waals surface area contributed by atoms with Crippen molar-refractivity contribution in [1.29, 1.82) is 0 Å². The molecular formula is C24H26N6O2. The Hall–Kier alpha value is -3.52. The number of hydrogen-bond donors (Lipinski definition) is 0. The predicted molar refractivity (Wildman–Crippen MR) is 123 cm³/mol. The van der Waals surface area contributed by atoms with Crippen molar-refractivity contribution < 1.29 is 4.74 Å². The summed E-state index contributed by atoms with van der Waals surface area (Å²) in [6.45, 7) is 4.84. The molecule has 4 aromatic rings. The molecule has 1 aromatic carbocycles. The first-order valence-electron chi connectivity index (χ1n) is 10.9. The molecule has 0 saturated carbocycles. The van der Waals surface area contributed by atoms with Crippen LogP contribution in [0.3, 0.4) is 0 Å². The standard InChI is InChI=1S/C24H26N6O2/c1-17-4-3-9-29(17)10-11-30-16-26-22-6-5-19(12-21(22)24(30)31)32-20-7-8-25-23(13-20)18-14-27-28(2)15-18/h5-8,12-17H,3-4,9-11H2,1-2H3/t17-/m0/s1. The van der Waals surface area contributed by atoms with Gasteiger partial charge in [0.05, 0.1) is 29.1 Å². The maximum atomic E-state index is 13.1. The molecule has 164 valence electrons. The Morgan fingerprint density at radius 1 is 1.12 bits per heavy atom. The monoisotopic (exact) mass is 430 g/mol. The van der Waals surface area contributed by atoms with E-state index in [2.05, 4.69) is 26.9 Å². The van der Waals surface area contributed by atoms with Crippen LogP contribution in [-0.2, 0) is 13.6 Å². The SMILES string of the molecule is C[C@H]1CCCN1CCn1cnc2ccc(Oc3ccnc(-c4cnn(C)c4)c3)cc2c1=O. The average Bonchev–Trinajstić information content (AvgIpc) is 3.42. The van der Waals surface area contributed by atoms with Gasteiger partial charge in [0.1, 0.15) is 11.5 Å². The number of aryl methyl sites for hydroxylation is 1. The van der Waals surface area contributed by atoms with E-state index in [0.29, 0.717) is 35.0 Å². The van der Waals surface area contributed by atoms with Gasteiger partial charge in [-0.05, 0) is 50.6 Å². The minimum atomic E-state index is -0.0434. The number of rotatable bonds is 6. The smallest absolute Gasteiger partial charge is 0.261 e. The number of fused-ring (bicyclic) bond motifs is 1. The first-order chi connectivity index (χ1) is 15.6. The lowest BCUT2D eigenvalue weighted by Crippen LogP contribution is -2.33. The van der Waals surface area contributed by atoms with E-state index >= 15 is 0 Å². The molecule has 8 nitrogen and oxygen atoms in total. The van der Waals surface area contributed by atoms with Crippen LogP contribution in [0, 0.1) is 0 Å². The average molecular weight is 431 g/mol. The van der Waals surface area contributed by atoms with Gasteiger partial charge < -0.3 is 4.74 Å². The van der Waals surface area contributed by atoms with E-state index in [-0.39, 0.29) is 5.56 Å². The third kappa shape index (κ3) is 4.13. The largest absolute Gasteiger partial charge is 0.457 e. The first kappa shape index (κ1) is 20.4. The third-order valence-electron chi connectivity index (χ3n) is 6.08. The summed E-state index contributed by atoms with van der Waals surface area (Å²) in [4.78, 5) is 24.4. The van der Waals surface area contributed by atoms with Crippen LogP contribution in [0.5, 0.6) is 11.5 Å². The van der Waals surface area contributed by atoms with Crippen molar-refractivity contribution in [2.24, 2.45) is 7.05 Å². The van der Waals surface area contributed by atoms with Crippen molar-refractivity contribution in [3.8, 4) is 22.8 Å². The minimum absolute atomic E-state index is 0.0434. The van der Waals surface area contributed by atoms with Crippen molar-refractivity contribution in [3.05, 3.63) is 65.6 Å². The number of benzene rings is 1. The number of nitrogens with zero attached hydrogens (tertiary/aromatic N) is 6. The van der Waals surface area contributed by atoms with Gasteiger partial charge in [-0.3, -0.25) is 23.9 Å². The lowest BCUT2D eigenvalue weighted by atomic mass is 10.2. The molecule has 4 heterocycles. The van der Waals surface area contributed by atoms with Gasteiger partial charge >= 0.3 is 0 Å². The number of hydrogen-bond acceptors (Lipinski definition) is 6. The fourth-order valence-electron chi connectivity index (χ4n) is 4.24. The van der Waals surface area contributed by atoms with Crippen molar-refractivity contribution in [3.63, 3.8) is 0 Å². The Labute approximate surface area is 186 Å². The van der Waals surface area contributed by atoms with Gasteiger partial charge in [-0.25, -0.2) is 4.98 Å². The maximum Gasteiger partial charge on any atom is 0.261 e. The van der Waals surface area contributed by atoms with Gasteiger partial charge in [0, 0.05) is 50.2 Å². The summed E-state index contributed by atoms with van der Waals surface area (Å²) >= 11 is 0. The Morgan fingerprint density at radius 3 is 2.78 bits per heavy atom. The number of aromatic nitrogens is 5. The molecule has 8 heteroatoms. The quantitative estimate of drug-likeness (QED) is 0.466. The molecule has 0 amide bonds. The van der Waals surface area contributed by atoms with Crippen molar-refractivity contribution >= 4 is 10.9 Å². The highest BCUT2D eigenvalue weighted by Crippen LogP contribution is 2.26. The van der Waals surface area contributed by atoms with Crippen LogP contribution in [0.4, 0.5) is 0 Å². The van der Waals surface area contributed by atoms with Crippen molar-refractivity contribution in [2.45, 2.75) is 32.4 Å². The molecule has 0 spiro atoms. The van der Waals surface area contributed by atoms with E-state index in [9.17, 15) is 4.79 Å². The first-order valence-corrected chi connectivity index (χ1v) is 10.9. The van der Waals surface area contributed by atoms with E-state index in [1.54, 1.807) is 40.1 Å². The van der Waals surface area contributed by atoms with Gasteiger partial charge in [-0.15, -0.1) is 0 Å². The highest BCUT2D eigenvalue weighted by atomic mass is 16.5. The second-order valence-corrected chi connectivity index (χ2v) is 8.33. The zero-order valence-corrected chi connectivity index (χ0v) is 18.3. The van der Waals surface area contributed by atoms with Gasteiger partial charge in [-0.1, -0.05) is 0 Å². The van der Waals surface area contributed by atoms with E-state index < -0.39 is 0 Å².